The highest BCUT2D eigenvalue weighted by atomic mass is 35.5. The van der Waals surface area contributed by atoms with Crippen LogP contribution in [0.2, 0.25) is 10.0 Å². The maximum absolute atomic E-state index is 11.9. The number of nitrogens with zero attached hydrogens (tertiary/aromatic N) is 3. The van der Waals surface area contributed by atoms with Crippen LogP contribution in [0.3, 0.4) is 0 Å². The first-order valence-corrected chi connectivity index (χ1v) is 7.24. The van der Waals surface area contributed by atoms with Crippen molar-refractivity contribution in [3.8, 4) is 11.3 Å². The van der Waals surface area contributed by atoms with E-state index >= 15 is 0 Å². The van der Waals surface area contributed by atoms with Gasteiger partial charge in [0.15, 0.2) is 5.76 Å². The Hall–Kier alpha value is -2.11. The zero-order chi connectivity index (χ0) is 15.7. The third-order valence-electron chi connectivity index (χ3n) is 3.15. The molecule has 0 atom stereocenters. The highest BCUT2D eigenvalue weighted by Gasteiger charge is 2.11. The topological polar surface area (TPSA) is 60.9 Å². The van der Waals surface area contributed by atoms with Gasteiger partial charge in [-0.2, -0.15) is 5.10 Å². The monoisotopic (exact) mass is 335 g/mol. The molecule has 3 aromatic rings. The molecular weight excluding hydrogens is 325 g/mol. The number of benzene rings is 1. The van der Waals surface area contributed by atoms with Crippen molar-refractivity contribution in [3.05, 3.63) is 68.3 Å². The molecule has 0 aliphatic rings. The predicted octanol–water partition coefficient (Wildman–Crippen LogP) is 3.56. The summed E-state index contributed by atoms with van der Waals surface area (Å²) in [4.78, 5) is 11.9. The molecule has 0 unspecified atom stereocenters. The van der Waals surface area contributed by atoms with Crippen molar-refractivity contribution in [1.82, 2.24) is 14.9 Å². The van der Waals surface area contributed by atoms with Crippen molar-refractivity contribution >= 4 is 23.2 Å². The van der Waals surface area contributed by atoms with Gasteiger partial charge >= 0.3 is 0 Å². The first-order chi connectivity index (χ1) is 10.5. The highest BCUT2D eigenvalue weighted by molar-refractivity contribution is 6.41. The summed E-state index contributed by atoms with van der Waals surface area (Å²) < 4.78 is 6.43. The summed E-state index contributed by atoms with van der Waals surface area (Å²) in [6, 6.07) is 9.67. The fraction of sp³-hybridized carbons (Fsp3) is 0.133. The van der Waals surface area contributed by atoms with E-state index in [1.165, 1.54) is 16.4 Å². The Morgan fingerprint density at radius 1 is 1.23 bits per heavy atom. The largest absolute Gasteiger partial charge is 0.359 e. The molecule has 2 heterocycles. The molecule has 2 aromatic heterocycles. The second kappa shape index (κ2) is 5.94. The lowest BCUT2D eigenvalue weighted by Gasteiger charge is -2.02. The van der Waals surface area contributed by atoms with Crippen molar-refractivity contribution < 1.29 is 4.52 Å². The molecule has 0 bridgehead atoms. The van der Waals surface area contributed by atoms with Crippen molar-refractivity contribution in [1.29, 1.82) is 0 Å². The lowest BCUT2D eigenvalue weighted by molar-refractivity contribution is 0.370. The third kappa shape index (κ3) is 2.91. The average molecular weight is 336 g/mol. The van der Waals surface area contributed by atoms with E-state index in [0.717, 1.165) is 5.56 Å². The van der Waals surface area contributed by atoms with E-state index in [9.17, 15) is 4.79 Å². The van der Waals surface area contributed by atoms with Gasteiger partial charge in [0, 0.05) is 11.6 Å². The van der Waals surface area contributed by atoms with Gasteiger partial charge in [0.2, 0.25) is 0 Å². The Labute approximate surface area is 136 Å². The normalized spacial score (nSPS) is 10.9. The van der Waals surface area contributed by atoms with Crippen LogP contribution in [0.25, 0.3) is 11.3 Å². The number of rotatable bonds is 3. The van der Waals surface area contributed by atoms with E-state index in [4.69, 9.17) is 27.7 Å². The van der Waals surface area contributed by atoms with Crippen molar-refractivity contribution in [2.45, 2.75) is 13.5 Å². The van der Waals surface area contributed by atoms with E-state index < -0.39 is 5.56 Å². The van der Waals surface area contributed by atoms with Gasteiger partial charge in [-0.1, -0.05) is 58.2 Å². The molecule has 0 radical (unpaired) electrons. The van der Waals surface area contributed by atoms with Crippen LogP contribution in [0, 0.1) is 6.92 Å². The van der Waals surface area contributed by atoms with Crippen molar-refractivity contribution in [2.75, 3.05) is 0 Å². The minimum atomic E-state index is -0.470. The Morgan fingerprint density at radius 3 is 2.68 bits per heavy atom. The first kappa shape index (κ1) is 14.8. The fourth-order valence-corrected chi connectivity index (χ4v) is 2.22. The van der Waals surface area contributed by atoms with E-state index in [2.05, 4.69) is 10.3 Å². The van der Waals surface area contributed by atoms with Crippen molar-refractivity contribution in [2.24, 2.45) is 0 Å². The van der Waals surface area contributed by atoms with Crippen LogP contribution in [-0.4, -0.2) is 14.9 Å². The molecule has 0 saturated heterocycles. The zero-order valence-corrected chi connectivity index (χ0v) is 13.1. The maximum atomic E-state index is 11.9. The van der Waals surface area contributed by atoms with Crippen LogP contribution in [0.15, 0.2) is 45.8 Å². The van der Waals surface area contributed by atoms with E-state index in [1.807, 2.05) is 31.2 Å². The fourth-order valence-electron chi connectivity index (χ4n) is 1.95. The molecule has 3 rings (SSSR count). The number of aryl methyl sites for hydroxylation is 1. The Bertz CT molecular complexity index is 869. The Morgan fingerprint density at radius 2 is 1.95 bits per heavy atom. The minimum absolute atomic E-state index is 0.0602. The van der Waals surface area contributed by atoms with Crippen LogP contribution in [-0.2, 0) is 6.54 Å². The molecule has 5 nitrogen and oxygen atoms in total. The number of halogens is 2. The summed E-state index contributed by atoms with van der Waals surface area (Å²) in [5.74, 6) is 0.503. The summed E-state index contributed by atoms with van der Waals surface area (Å²) in [5.41, 5.74) is 2.33. The molecule has 0 N–H and O–H groups in total. The van der Waals surface area contributed by atoms with Crippen LogP contribution < -0.4 is 5.56 Å². The molecule has 0 aliphatic carbocycles. The van der Waals surface area contributed by atoms with Crippen LogP contribution >= 0.6 is 23.2 Å². The molecule has 0 fully saturated rings. The average Bonchev–Trinajstić information content (AvgIpc) is 2.97. The summed E-state index contributed by atoms with van der Waals surface area (Å²) in [6.07, 6.45) is 1.32. The minimum Gasteiger partial charge on any atom is -0.359 e. The Kier molecular flexibility index (Phi) is 4.00. The third-order valence-corrected chi connectivity index (χ3v) is 3.90. The molecular formula is C15H11Cl2N3O2. The van der Waals surface area contributed by atoms with Gasteiger partial charge in [-0.3, -0.25) is 4.79 Å². The van der Waals surface area contributed by atoms with E-state index in [1.54, 1.807) is 6.07 Å². The van der Waals surface area contributed by atoms with Gasteiger partial charge in [-0.15, -0.1) is 0 Å². The number of aromatic nitrogens is 3. The second-order valence-electron chi connectivity index (χ2n) is 4.81. The predicted molar refractivity (Wildman–Crippen MR) is 84.3 cm³/mol. The smallest absolute Gasteiger partial charge is 0.287 e. The zero-order valence-electron chi connectivity index (χ0n) is 11.6. The first-order valence-electron chi connectivity index (χ1n) is 6.48. The van der Waals surface area contributed by atoms with Gasteiger partial charge < -0.3 is 4.52 Å². The SMILES string of the molecule is Cc1ccc(-c2cc(Cn3ncc(Cl)c(Cl)c3=O)on2)cc1. The van der Waals surface area contributed by atoms with Crippen LogP contribution in [0.4, 0.5) is 0 Å². The molecule has 112 valence electrons. The van der Waals surface area contributed by atoms with Crippen LogP contribution in [0.1, 0.15) is 11.3 Å². The lowest BCUT2D eigenvalue weighted by atomic mass is 10.1. The quantitative estimate of drug-likeness (QED) is 0.734. The maximum Gasteiger partial charge on any atom is 0.287 e. The molecule has 1 aromatic carbocycles. The van der Waals surface area contributed by atoms with Crippen LogP contribution in [0.5, 0.6) is 0 Å². The summed E-state index contributed by atoms with van der Waals surface area (Å²) in [5, 5.41) is 8.00. The number of hydrogen-bond donors (Lipinski definition) is 0. The molecule has 22 heavy (non-hydrogen) atoms. The van der Waals surface area contributed by atoms with Gasteiger partial charge in [0.25, 0.3) is 5.56 Å². The van der Waals surface area contributed by atoms with Gasteiger partial charge in [-0.25, -0.2) is 4.68 Å². The summed E-state index contributed by atoms with van der Waals surface area (Å²) >= 11 is 11.6. The second-order valence-corrected chi connectivity index (χ2v) is 5.60. The van der Waals surface area contributed by atoms with Gasteiger partial charge in [-0.05, 0) is 6.92 Å². The molecule has 0 saturated carbocycles. The molecule has 7 heteroatoms. The van der Waals surface area contributed by atoms with E-state index in [0.29, 0.717) is 11.5 Å². The summed E-state index contributed by atoms with van der Waals surface area (Å²) in [6.45, 7) is 2.15. The lowest BCUT2D eigenvalue weighted by Crippen LogP contribution is -2.23. The standard InChI is InChI=1S/C15H11Cl2N3O2/c1-9-2-4-10(5-3-9)13-6-11(22-19-13)8-20-15(21)14(17)12(16)7-18-20/h2-7H,8H2,1H3. The molecule has 0 amide bonds. The number of hydrogen-bond acceptors (Lipinski definition) is 4. The molecule has 0 spiro atoms. The molecule has 0 aliphatic heterocycles. The van der Waals surface area contributed by atoms with Crippen molar-refractivity contribution in [3.63, 3.8) is 0 Å². The summed E-state index contributed by atoms with van der Waals surface area (Å²) in [7, 11) is 0. The van der Waals surface area contributed by atoms with Gasteiger partial charge in [0.1, 0.15) is 17.3 Å². The van der Waals surface area contributed by atoms with E-state index in [-0.39, 0.29) is 16.6 Å². The Balaban J connectivity index is 1.87. The van der Waals surface area contributed by atoms with Gasteiger partial charge in [0.05, 0.1) is 11.2 Å². The highest BCUT2D eigenvalue weighted by Crippen LogP contribution is 2.20.